The van der Waals surface area contributed by atoms with E-state index in [9.17, 15) is 13.2 Å². The maximum atomic E-state index is 13.2. The number of piperidine rings is 1. The molecular weight excluding hydrogens is 424 g/mol. The molecule has 0 unspecified atom stereocenters. The minimum atomic E-state index is -3.61. The van der Waals surface area contributed by atoms with E-state index in [-0.39, 0.29) is 29.3 Å². The molecule has 0 spiro atoms. The summed E-state index contributed by atoms with van der Waals surface area (Å²) < 4.78 is 32.9. The number of benzene rings is 2. The molecule has 2 atom stereocenters. The van der Waals surface area contributed by atoms with Gasteiger partial charge in [-0.2, -0.15) is 4.31 Å². The van der Waals surface area contributed by atoms with Crippen LogP contribution < -0.4 is 10.1 Å². The van der Waals surface area contributed by atoms with Gasteiger partial charge in [-0.15, -0.1) is 0 Å². The highest BCUT2D eigenvalue weighted by atomic mass is 32.2. The maximum Gasteiger partial charge on any atom is 0.243 e. The summed E-state index contributed by atoms with van der Waals surface area (Å²) in [6.45, 7) is 6.82. The fourth-order valence-electron chi connectivity index (χ4n) is 4.11. The van der Waals surface area contributed by atoms with Crippen molar-refractivity contribution < 1.29 is 17.9 Å². The third-order valence-electron chi connectivity index (χ3n) is 5.96. The summed E-state index contributed by atoms with van der Waals surface area (Å²) in [4.78, 5) is 13.5. The van der Waals surface area contributed by atoms with Crippen LogP contribution in [0.15, 0.2) is 53.4 Å². The van der Waals surface area contributed by atoms with Crippen molar-refractivity contribution in [2.75, 3.05) is 20.2 Å². The fraction of sp³-hybridized carbons (Fsp3) is 0.480. The Balaban J connectivity index is 1.72. The molecule has 32 heavy (non-hydrogen) atoms. The first-order valence-electron chi connectivity index (χ1n) is 11.2. The van der Waals surface area contributed by atoms with Gasteiger partial charge in [0.1, 0.15) is 5.75 Å². The molecule has 0 aromatic heterocycles. The molecule has 1 aliphatic rings. The number of sulfonamides is 1. The second-order valence-corrected chi connectivity index (χ2v) is 10.9. The number of rotatable bonds is 8. The highest BCUT2D eigenvalue weighted by molar-refractivity contribution is 7.89. The van der Waals surface area contributed by atoms with Gasteiger partial charge in [0, 0.05) is 13.1 Å². The number of amides is 1. The molecule has 174 valence electrons. The standard InChI is InChI=1S/C25H34N2O4S/c1-18(2)16-24(20-9-11-22(31-4)12-10-20)26-25(28)21-6-5-15-27(17-21)32(29,30)23-13-7-19(3)8-14-23/h7-14,18,21,24H,5-6,15-17H2,1-4H3,(H,26,28)/t21-,24-/m0/s1. The Morgan fingerprint density at radius 1 is 1.12 bits per heavy atom. The first kappa shape index (κ1) is 24.3. The molecule has 1 aliphatic heterocycles. The third-order valence-corrected chi connectivity index (χ3v) is 7.83. The Labute approximate surface area is 192 Å². The van der Waals surface area contributed by atoms with Crippen molar-refractivity contribution in [3.8, 4) is 5.75 Å². The molecule has 0 aliphatic carbocycles. The lowest BCUT2D eigenvalue weighted by molar-refractivity contribution is -0.127. The zero-order valence-corrected chi connectivity index (χ0v) is 20.2. The van der Waals surface area contributed by atoms with E-state index in [1.807, 2.05) is 31.2 Å². The van der Waals surface area contributed by atoms with Gasteiger partial charge in [0.05, 0.1) is 24.0 Å². The quantitative estimate of drug-likeness (QED) is 0.640. The molecule has 1 fully saturated rings. The molecule has 0 bridgehead atoms. The summed E-state index contributed by atoms with van der Waals surface area (Å²) in [5, 5.41) is 3.19. The lowest BCUT2D eigenvalue weighted by Gasteiger charge is -2.32. The van der Waals surface area contributed by atoms with Gasteiger partial charge in [0.15, 0.2) is 0 Å². The summed E-state index contributed by atoms with van der Waals surface area (Å²) in [6.07, 6.45) is 2.15. The Hall–Kier alpha value is -2.38. The highest BCUT2D eigenvalue weighted by Gasteiger charge is 2.34. The Morgan fingerprint density at radius 2 is 1.78 bits per heavy atom. The van der Waals surface area contributed by atoms with Crippen molar-refractivity contribution in [1.82, 2.24) is 9.62 Å². The van der Waals surface area contributed by atoms with E-state index in [4.69, 9.17) is 4.74 Å². The fourth-order valence-corrected chi connectivity index (χ4v) is 5.63. The number of ether oxygens (including phenoxy) is 1. The molecule has 0 radical (unpaired) electrons. The molecule has 1 amide bonds. The van der Waals surface area contributed by atoms with E-state index >= 15 is 0 Å². The average molecular weight is 459 g/mol. The number of nitrogens with one attached hydrogen (secondary N) is 1. The van der Waals surface area contributed by atoms with Gasteiger partial charge >= 0.3 is 0 Å². The van der Waals surface area contributed by atoms with Crippen LogP contribution in [0.2, 0.25) is 0 Å². The van der Waals surface area contributed by atoms with Crippen LogP contribution in [0, 0.1) is 18.8 Å². The highest BCUT2D eigenvalue weighted by Crippen LogP contribution is 2.27. The van der Waals surface area contributed by atoms with Crippen molar-refractivity contribution in [3.05, 3.63) is 59.7 Å². The van der Waals surface area contributed by atoms with E-state index in [0.717, 1.165) is 23.3 Å². The minimum Gasteiger partial charge on any atom is -0.497 e. The van der Waals surface area contributed by atoms with E-state index in [1.54, 1.807) is 31.4 Å². The van der Waals surface area contributed by atoms with Crippen molar-refractivity contribution in [3.63, 3.8) is 0 Å². The topological polar surface area (TPSA) is 75.7 Å². The molecule has 6 nitrogen and oxygen atoms in total. The Kier molecular flexibility index (Phi) is 7.96. The van der Waals surface area contributed by atoms with E-state index in [2.05, 4.69) is 19.2 Å². The van der Waals surface area contributed by atoms with Crippen molar-refractivity contribution >= 4 is 15.9 Å². The molecule has 3 rings (SSSR count). The van der Waals surface area contributed by atoms with Gasteiger partial charge in [0.2, 0.25) is 15.9 Å². The van der Waals surface area contributed by atoms with Crippen molar-refractivity contribution in [2.45, 2.75) is 51.0 Å². The van der Waals surface area contributed by atoms with Gasteiger partial charge < -0.3 is 10.1 Å². The normalized spacial score (nSPS) is 18.3. The van der Waals surface area contributed by atoms with E-state index in [0.29, 0.717) is 25.3 Å². The predicted molar refractivity (Wildman–Crippen MR) is 126 cm³/mol. The average Bonchev–Trinajstić information content (AvgIpc) is 2.78. The number of hydrogen-bond donors (Lipinski definition) is 1. The largest absolute Gasteiger partial charge is 0.497 e. The molecule has 1 heterocycles. The minimum absolute atomic E-state index is 0.0877. The van der Waals surface area contributed by atoms with Crippen molar-refractivity contribution in [2.24, 2.45) is 11.8 Å². The Bertz CT molecular complexity index is 1000. The molecule has 1 N–H and O–H groups in total. The molecule has 7 heteroatoms. The van der Waals surface area contributed by atoms with E-state index < -0.39 is 10.0 Å². The monoisotopic (exact) mass is 458 g/mol. The van der Waals surface area contributed by atoms with Crippen LogP contribution in [-0.4, -0.2) is 38.8 Å². The zero-order chi connectivity index (χ0) is 23.3. The number of methoxy groups -OCH3 is 1. The molecular formula is C25H34N2O4S. The van der Waals surface area contributed by atoms with Gasteiger partial charge in [-0.25, -0.2) is 8.42 Å². The summed E-state index contributed by atoms with van der Waals surface area (Å²) >= 11 is 0. The van der Waals surface area contributed by atoms with E-state index in [1.165, 1.54) is 4.31 Å². The number of carbonyl (C=O) groups is 1. The smallest absolute Gasteiger partial charge is 0.243 e. The number of carbonyl (C=O) groups excluding carboxylic acids is 1. The summed E-state index contributed by atoms with van der Waals surface area (Å²) in [5.74, 6) is 0.715. The summed E-state index contributed by atoms with van der Waals surface area (Å²) in [7, 11) is -1.99. The summed E-state index contributed by atoms with van der Waals surface area (Å²) in [6, 6.07) is 14.5. The van der Waals surface area contributed by atoms with Crippen LogP contribution in [0.5, 0.6) is 5.75 Å². The van der Waals surface area contributed by atoms with Crippen LogP contribution >= 0.6 is 0 Å². The number of aryl methyl sites for hydroxylation is 1. The van der Waals surface area contributed by atoms with Crippen LogP contribution in [0.4, 0.5) is 0 Å². The second kappa shape index (κ2) is 10.5. The van der Waals surface area contributed by atoms with Gasteiger partial charge in [-0.05, 0) is 61.9 Å². The number of hydrogen-bond acceptors (Lipinski definition) is 4. The van der Waals surface area contributed by atoms with Crippen molar-refractivity contribution in [1.29, 1.82) is 0 Å². The second-order valence-electron chi connectivity index (χ2n) is 8.98. The third kappa shape index (κ3) is 5.90. The van der Waals surface area contributed by atoms with Crippen LogP contribution in [0.25, 0.3) is 0 Å². The zero-order valence-electron chi connectivity index (χ0n) is 19.4. The molecule has 2 aromatic rings. The molecule has 1 saturated heterocycles. The first-order chi connectivity index (χ1) is 15.2. The van der Waals surface area contributed by atoms with Gasteiger partial charge in [0.25, 0.3) is 0 Å². The first-order valence-corrected chi connectivity index (χ1v) is 12.7. The SMILES string of the molecule is COc1ccc([C@H](CC(C)C)NC(=O)[C@H]2CCCN(S(=O)(=O)c3ccc(C)cc3)C2)cc1. The maximum absolute atomic E-state index is 13.2. The molecule has 0 saturated carbocycles. The number of nitrogens with zero attached hydrogens (tertiary/aromatic N) is 1. The van der Waals surface area contributed by atoms with Crippen LogP contribution in [0.1, 0.15) is 50.3 Å². The van der Waals surface area contributed by atoms with Crippen LogP contribution in [-0.2, 0) is 14.8 Å². The lowest BCUT2D eigenvalue weighted by atomic mass is 9.94. The Morgan fingerprint density at radius 3 is 2.38 bits per heavy atom. The molecule has 2 aromatic carbocycles. The van der Waals surface area contributed by atoms with Gasteiger partial charge in [-0.3, -0.25) is 4.79 Å². The van der Waals surface area contributed by atoms with Gasteiger partial charge in [-0.1, -0.05) is 43.7 Å². The summed E-state index contributed by atoms with van der Waals surface area (Å²) in [5.41, 5.74) is 2.03. The van der Waals surface area contributed by atoms with Crippen LogP contribution in [0.3, 0.4) is 0 Å². The predicted octanol–water partition coefficient (Wildman–Crippen LogP) is 4.31. The lowest BCUT2D eigenvalue weighted by Crippen LogP contribution is -2.46.